The van der Waals surface area contributed by atoms with Crippen LogP contribution in [0.1, 0.15) is 32.1 Å². The normalized spacial score (nSPS) is 17.8. The number of nitrogens with one attached hydrogen (secondary N) is 1. The number of ether oxygens (including phenoxy) is 1. The Morgan fingerprint density at radius 2 is 2.12 bits per heavy atom. The summed E-state index contributed by atoms with van der Waals surface area (Å²) in [6.07, 6.45) is 5.21. The molecule has 0 spiro atoms. The zero-order valence-corrected chi connectivity index (χ0v) is 13.1. The molecule has 24 heavy (non-hydrogen) atoms. The molecule has 0 atom stereocenters. The van der Waals surface area contributed by atoms with Crippen LogP contribution in [0.4, 0.5) is 11.6 Å². The van der Waals surface area contributed by atoms with Crippen molar-refractivity contribution in [3.63, 3.8) is 0 Å². The molecule has 1 N–H and O–H groups in total. The summed E-state index contributed by atoms with van der Waals surface area (Å²) in [5, 5.41) is 13.8. The van der Waals surface area contributed by atoms with Gasteiger partial charge in [0.2, 0.25) is 5.91 Å². The molecular weight excluding hydrogens is 316 g/mol. The van der Waals surface area contributed by atoms with Crippen molar-refractivity contribution < 1.29 is 19.2 Å². The fourth-order valence-electron chi connectivity index (χ4n) is 3.00. The molecule has 1 aliphatic heterocycles. The molecule has 2 amide bonds. The highest BCUT2D eigenvalue weighted by molar-refractivity contribution is 6.01. The first-order valence-electron chi connectivity index (χ1n) is 7.92. The fraction of sp³-hybridized carbons (Fsp3) is 0.533. The maximum Gasteiger partial charge on any atom is 0.366 e. The van der Waals surface area contributed by atoms with Crippen molar-refractivity contribution in [2.75, 3.05) is 18.1 Å². The molecule has 1 fully saturated rings. The summed E-state index contributed by atoms with van der Waals surface area (Å²) in [7, 11) is 0. The van der Waals surface area contributed by atoms with E-state index in [-0.39, 0.29) is 36.7 Å². The van der Waals surface area contributed by atoms with E-state index >= 15 is 0 Å². The summed E-state index contributed by atoms with van der Waals surface area (Å²) < 4.78 is 5.22. The first-order chi connectivity index (χ1) is 11.5. The van der Waals surface area contributed by atoms with E-state index in [2.05, 4.69) is 10.3 Å². The molecule has 2 aliphatic rings. The standard InChI is InChI=1S/C15H18N4O5/c20-13(16-10-4-2-1-3-5-10)8-18-14(21)9-24-11-6-7-12(19(22)23)17-15(11)18/h6-7,10H,1-5,8-9H2,(H,16,20). The second kappa shape index (κ2) is 6.81. The highest BCUT2D eigenvalue weighted by Crippen LogP contribution is 2.31. The van der Waals surface area contributed by atoms with Gasteiger partial charge in [-0.2, -0.15) is 0 Å². The van der Waals surface area contributed by atoms with Gasteiger partial charge in [-0.1, -0.05) is 19.3 Å². The Balaban J connectivity index is 1.75. The van der Waals surface area contributed by atoms with Gasteiger partial charge in [0, 0.05) is 12.1 Å². The number of carbonyl (C=O) groups is 2. The van der Waals surface area contributed by atoms with Crippen LogP contribution in [-0.4, -0.2) is 40.9 Å². The lowest BCUT2D eigenvalue weighted by Gasteiger charge is -2.27. The zero-order valence-electron chi connectivity index (χ0n) is 13.1. The summed E-state index contributed by atoms with van der Waals surface area (Å²) in [5.41, 5.74) is 0. The number of hydrogen-bond acceptors (Lipinski definition) is 6. The van der Waals surface area contributed by atoms with Gasteiger partial charge in [-0.05, 0) is 28.8 Å². The minimum absolute atomic E-state index is 0.0132. The summed E-state index contributed by atoms with van der Waals surface area (Å²) in [5.74, 6) is -0.875. The Kier molecular flexibility index (Phi) is 4.59. The quantitative estimate of drug-likeness (QED) is 0.653. The van der Waals surface area contributed by atoms with E-state index in [9.17, 15) is 19.7 Å². The molecule has 0 unspecified atom stereocenters. The van der Waals surface area contributed by atoms with Crippen LogP contribution in [-0.2, 0) is 9.59 Å². The number of aromatic nitrogens is 1. The van der Waals surface area contributed by atoms with Crippen LogP contribution in [0.2, 0.25) is 0 Å². The highest BCUT2D eigenvalue weighted by atomic mass is 16.6. The Morgan fingerprint density at radius 1 is 1.38 bits per heavy atom. The predicted octanol–water partition coefficient (Wildman–Crippen LogP) is 1.16. The lowest BCUT2D eigenvalue weighted by Crippen LogP contribution is -2.48. The second-order valence-electron chi connectivity index (χ2n) is 5.92. The minimum Gasteiger partial charge on any atom is -0.477 e. The van der Waals surface area contributed by atoms with Gasteiger partial charge in [0.15, 0.2) is 12.4 Å². The van der Waals surface area contributed by atoms with Crippen molar-refractivity contribution in [3.05, 3.63) is 22.2 Å². The molecule has 9 heteroatoms. The summed E-state index contributed by atoms with van der Waals surface area (Å²) >= 11 is 0. The van der Waals surface area contributed by atoms with E-state index < -0.39 is 16.6 Å². The Hall–Kier alpha value is -2.71. The first kappa shape index (κ1) is 16.2. The molecule has 9 nitrogen and oxygen atoms in total. The average Bonchev–Trinajstić information content (AvgIpc) is 2.58. The third kappa shape index (κ3) is 3.44. The molecule has 2 heterocycles. The molecule has 0 bridgehead atoms. The largest absolute Gasteiger partial charge is 0.477 e. The predicted molar refractivity (Wildman–Crippen MR) is 83.8 cm³/mol. The van der Waals surface area contributed by atoms with Crippen LogP contribution < -0.4 is 15.0 Å². The van der Waals surface area contributed by atoms with E-state index in [0.717, 1.165) is 30.6 Å². The lowest BCUT2D eigenvalue weighted by molar-refractivity contribution is -0.389. The number of amides is 2. The summed E-state index contributed by atoms with van der Waals surface area (Å²) in [6.45, 7) is -0.441. The monoisotopic (exact) mass is 334 g/mol. The number of rotatable bonds is 4. The molecule has 0 radical (unpaired) electrons. The maximum absolute atomic E-state index is 12.2. The van der Waals surface area contributed by atoms with E-state index in [4.69, 9.17) is 4.74 Å². The van der Waals surface area contributed by atoms with Gasteiger partial charge in [0.05, 0.1) is 0 Å². The zero-order chi connectivity index (χ0) is 17.1. The number of nitro groups is 1. The van der Waals surface area contributed by atoms with Crippen LogP contribution in [0.15, 0.2) is 12.1 Å². The van der Waals surface area contributed by atoms with Crippen LogP contribution in [0, 0.1) is 10.1 Å². The third-order valence-electron chi connectivity index (χ3n) is 4.19. The molecule has 0 saturated heterocycles. The van der Waals surface area contributed by atoms with Crippen LogP contribution in [0.5, 0.6) is 5.75 Å². The van der Waals surface area contributed by atoms with E-state index in [0.29, 0.717) is 0 Å². The van der Waals surface area contributed by atoms with Gasteiger partial charge in [0.1, 0.15) is 6.54 Å². The fourth-order valence-corrected chi connectivity index (χ4v) is 3.00. The smallest absolute Gasteiger partial charge is 0.366 e. The van der Waals surface area contributed by atoms with Crippen molar-refractivity contribution >= 4 is 23.5 Å². The summed E-state index contributed by atoms with van der Waals surface area (Å²) in [4.78, 5) is 39.5. The van der Waals surface area contributed by atoms with Crippen molar-refractivity contribution in [3.8, 4) is 5.75 Å². The second-order valence-corrected chi connectivity index (χ2v) is 5.92. The molecule has 128 valence electrons. The molecule has 3 rings (SSSR count). The highest BCUT2D eigenvalue weighted by Gasteiger charge is 2.33. The van der Waals surface area contributed by atoms with Crippen LogP contribution in [0.3, 0.4) is 0 Å². The lowest BCUT2D eigenvalue weighted by atomic mass is 9.95. The van der Waals surface area contributed by atoms with E-state index in [1.807, 2.05) is 0 Å². The van der Waals surface area contributed by atoms with Crippen LogP contribution >= 0.6 is 0 Å². The van der Waals surface area contributed by atoms with E-state index in [1.165, 1.54) is 18.6 Å². The van der Waals surface area contributed by atoms with E-state index in [1.54, 1.807) is 0 Å². The van der Waals surface area contributed by atoms with Crippen molar-refractivity contribution in [1.29, 1.82) is 0 Å². The van der Waals surface area contributed by atoms with Gasteiger partial charge < -0.3 is 20.2 Å². The molecule has 1 aromatic rings. The van der Waals surface area contributed by atoms with Gasteiger partial charge in [-0.25, -0.2) is 0 Å². The van der Waals surface area contributed by atoms with Gasteiger partial charge >= 0.3 is 5.82 Å². The van der Waals surface area contributed by atoms with Crippen molar-refractivity contribution in [2.24, 2.45) is 0 Å². The number of fused-ring (bicyclic) bond motifs is 1. The molecular formula is C15H18N4O5. The number of carbonyl (C=O) groups excluding carboxylic acids is 2. The van der Waals surface area contributed by atoms with Gasteiger partial charge in [-0.3, -0.25) is 14.5 Å². The van der Waals surface area contributed by atoms with Gasteiger partial charge in [-0.15, -0.1) is 0 Å². The average molecular weight is 334 g/mol. The minimum atomic E-state index is -0.653. The first-order valence-corrected chi connectivity index (χ1v) is 7.92. The SMILES string of the molecule is O=C(CN1C(=O)COc2ccc([N+](=O)[O-])nc21)NC1CCCCC1. The number of nitrogens with zero attached hydrogens (tertiary/aromatic N) is 3. The van der Waals surface area contributed by atoms with Crippen LogP contribution in [0.25, 0.3) is 0 Å². The summed E-state index contributed by atoms with van der Waals surface area (Å²) in [6, 6.07) is 2.72. The molecule has 1 aliphatic carbocycles. The molecule has 1 aromatic heterocycles. The Labute approximate surface area is 138 Å². The third-order valence-corrected chi connectivity index (χ3v) is 4.19. The molecule has 1 saturated carbocycles. The van der Waals surface area contributed by atoms with Crippen molar-refractivity contribution in [2.45, 2.75) is 38.1 Å². The Morgan fingerprint density at radius 3 is 2.83 bits per heavy atom. The number of anilines is 1. The maximum atomic E-state index is 12.2. The van der Waals surface area contributed by atoms with Crippen molar-refractivity contribution in [1.82, 2.24) is 10.3 Å². The van der Waals surface area contributed by atoms with Gasteiger partial charge in [0.25, 0.3) is 11.7 Å². The molecule has 0 aromatic carbocycles. The number of pyridine rings is 1. The Bertz CT molecular complexity index is 672. The number of hydrogen-bond donors (Lipinski definition) is 1. The topological polar surface area (TPSA) is 115 Å².